The molecule has 0 unspecified atom stereocenters. The predicted octanol–water partition coefficient (Wildman–Crippen LogP) is 1.35. The molecule has 0 saturated carbocycles. The summed E-state index contributed by atoms with van der Waals surface area (Å²) in [4.78, 5) is 21.1. The molecule has 0 radical (unpaired) electrons. The van der Waals surface area contributed by atoms with Gasteiger partial charge in [0.05, 0.1) is 17.1 Å². The minimum atomic E-state index is -1.21. The molecule has 0 aliphatic carbocycles. The standard InChI is InChI=1S/C10H12N2O5/c1-17-6-5-11-9-7(10(13)14)3-2-4-8(9)12(15)16/h2-4,11H,5-6H2,1H3,(H,13,14). The number of nitro benzene ring substituents is 1. The van der Waals surface area contributed by atoms with Gasteiger partial charge in [0.1, 0.15) is 5.69 Å². The number of nitro groups is 1. The van der Waals surface area contributed by atoms with Gasteiger partial charge in [-0.3, -0.25) is 10.1 Å². The molecule has 0 saturated heterocycles. The molecule has 92 valence electrons. The second kappa shape index (κ2) is 5.80. The lowest BCUT2D eigenvalue weighted by atomic mass is 10.1. The van der Waals surface area contributed by atoms with Gasteiger partial charge in [0.15, 0.2) is 0 Å². The number of methoxy groups -OCH3 is 1. The van der Waals surface area contributed by atoms with E-state index in [0.717, 1.165) is 0 Å². The van der Waals surface area contributed by atoms with Crippen LogP contribution in [0.4, 0.5) is 11.4 Å². The fourth-order valence-electron chi connectivity index (χ4n) is 1.33. The fraction of sp³-hybridized carbons (Fsp3) is 0.300. The van der Waals surface area contributed by atoms with Crippen LogP contribution in [0.25, 0.3) is 0 Å². The molecule has 0 aliphatic heterocycles. The van der Waals surface area contributed by atoms with Crippen molar-refractivity contribution in [3.05, 3.63) is 33.9 Å². The highest BCUT2D eigenvalue weighted by atomic mass is 16.6. The Morgan fingerprint density at radius 2 is 2.29 bits per heavy atom. The maximum Gasteiger partial charge on any atom is 0.338 e. The third kappa shape index (κ3) is 3.15. The first-order valence-corrected chi connectivity index (χ1v) is 4.81. The Bertz CT molecular complexity index is 400. The van der Waals surface area contributed by atoms with Gasteiger partial charge in [0.2, 0.25) is 0 Å². The van der Waals surface area contributed by atoms with Crippen molar-refractivity contribution in [2.75, 3.05) is 25.6 Å². The number of carboxylic acids is 1. The summed E-state index contributed by atoms with van der Waals surface area (Å²) < 4.78 is 4.78. The summed E-state index contributed by atoms with van der Waals surface area (Å²) in [5.41, 5.74) is -0.390. The third-order valence-electron chi connectivity index (χ3n) is 2.08. The topological polar surface area (TPSA) is 102 Å². The number of carboxylic acid groups (broad SMARTS) is 1. The van der Waals surface area contributed by atoms with E-state index in [-0.39, 0.29) is 16.9 Å². The molecule has 7 heteroatoms. The van der Waals surface area contributed by atoms with E-state index in [1.54, 1.807) is 0 Å². The minimum absolute atomic E-state index is 0.00190. The lowest BCUT2D eigenvalue weighted by molar-refractivity contribution is -0.384. The van der Waals surface area contributed by atoms with Gasteiger partial charge in [0.25, 0.3) is 5.69 Å². The van der Waals surface area contributed by atoms with Crippen LogP contribution in [0.15, 0.2) is 18.2 Å². The molecule has 0 atom stereocenters. The molecule has 7 nitrogen and oxygen atoms in total. The molecule has 0 spiro atoms. The molecule has 1 aromatic carbocycles. The zero-order valence-corrected chi connectivity index (χ0v) is 9.17. The van der Waals surface area contributed by atoms with Gasteiger partial charge in [-0.1, -0.05) is 6.07 Å². The van der Waals surface area contributed by atoms with Gasteiger partial charge in [-0.15, -0.1) is 0 Å². The normalized spacial score (nSPS) is 9.94. The SMILES string of the molecule is COCCNc1c(C(=O)O)cccc1[N+](=O)[O-]. The molecule has 0 aromatic heterocycles. The maximum absolute atomic E-state index is 10.9. The number of para-hydroxylation sites is 1. The smallest absolute Gasteiger partial charge is 0.338 e. The number of hydrogen-bond acceptors (Lipinski definition) is 5. The Balaban J connectivity index is 3.10. The zero-order chi connectivity index (χ0) is 12.8. The lowest BCUT2D eigenvalue weighted by Gasteiger charge is -2.09. The van der Waals surface area contributed by atoms with Crippen LogP contribution in [0.3, 0.4) is 0 Å². The number of anilines is 1. The number of aromatic carboxylic acids is 1. The monoisotopic (exact) mass is 240 g/mol. The summed E-state index contributed by atoms with van der Waals surface area (Å²) in [6.45, 7) is 0.618. The fourth-order valence-corrected chi connectivity index (χ4v) is 1.33. The van der Waals surface area contributed by atoms with Crippen molar-refractivity contribution in [2.24, 2.45) is 0 Å². The first-order valence-electron chi connectivity index (χ1n) is 4.81. The first kappa shape index (κ1) is 12.9. The van der Waals surface area contributed by atoms with E-state index in [1.165, 1.54) is 25.3 Å². The van der Waals surface area contributed by atoms with Gasteiger partial charge < -0.3 is 15.2 Å². The maximum atomic E-state index is 10.9. The quantitative estimate of drug-likeness (QED) is 0.442. The van der Waals surface area contributed by atoms with Crippen molar-refractivity contribution in [2.45, 2.75) is 0 Å². The van der Waals surface area contributed by atoms with E-state index in [1.807, 2.05) is 0 Å². The van der Waals surface area contributed by atoms with Gasteiger partial charge >= 0.3 is 5.97 Å². The van der Waals surface area contributed by atoms with Gasteiger partial charge in [-0.05, 0) is 6.07 Å². The highest BCUT2D eigenvalue weighted by molar-refractivity contribution is 5.96. The molecule has 1 rings (SSSR count). The molecule has 0 fully saturated rings. The van der Waals surface area contributed by atoms with Crippen molar-refractivity contribution >= 4 is 17.3 Å². The Morgan fingerprint density at radius 3 is 2.82 bits per heavy atom. The summed E-state index contributed by atoms with van der Waals surface area (Å²) in [6, 6.07) is 3.90. The number of rotatable bonds is 6. The molecule has 17 heavy (non-hydrogen) atoms. The average Bonchev–Trinajstić information content (AvgIpc) is 2.28. The molecular weight excluding hydrogens is 228 g/mol. The summed E-state index contributed by atoms with van der Waals surface area (Å²) in [5.74, 6) is -1.21. The number of benzene rings is 1. The van der Waals surface area contributed by atoms with Crippen molar-refractivity contribution in [3.8, 4) is 0 Å². The van der Waals surface area contributed by atoms with Crippen LogP contribution < -0.4 is 5.32 Å². The summed E-state index contributed by atoms with van der Waals surface area (Å²) >= 11 is 0. The second-order valence-corrected chi connectivity index (χ2v) is 3.18. The molecule has 0 bridgehead atoms. The third-order valence-corrected chi connectivity index (χ3v) is 2.08. The Kier molecular flexibility index (Phi) is 4.41. The van der Waals surface area contributed by atoms with Crippen LogP contribution in [0, 0.1) is 10.1 Å². The lowest BCUT2D eigenvalue weighted by Crippen LogP contribution is -2.13. The number of carbonyl (C=O) groups is 1. The van der Waals surface area contributed by atoms with Crippen LogP contribution in [-0.4, -0.2) is 36.3 Å². The van der Waals surface area contributed by atoms with Gasteiger partial charge in [-0.25, -0.2) is 4.79 Å². The highest BCUT2D eigenvalue weighted by Crippen LogP contribution is 2.27. The van der Waals surface area contributed by atoms with E-state index in [2.05, 4.69) is 5.32 Å². The number of hydrogen-bond donors (Lipinski definition) is 2. The first-order chi connectivity index (χ1) is 8.07. The van der Waals surface area contributed by atoms with E-state index in [0.29, 0.717) is 13.2 Å². The number of ether oxygens (including phenoxy) is 1. The highest BCUT2D eigenvalue weighted by Gasteiger charge is 2.20. The predicted molar refractivity (Wildman–Crippen MR) is 60.4 cm³/mol. The molecule has 1 aromatic rings. The van der Waals surface area contributed by atoms with Gasteiger partial charge in [-0.2, -0.15) is 0 Å². The van der Waals surface area contributed by atoms with E-state index < -0.39 is 10.9 Å². The van der Waals surface area contributed by atoms with Crippen LogP contribution in [-0.2, 0) is 4.74 Å². The molecule has 0 amide bonds. The largest absolute Gasteiger partial charge is 0.478 e. The Morgan fingerprint density at radius 1 is 1.59 bits per heavy atom. The van der Waals surface area contributed by atoms with Gasteiger partial charge in [0, 0.05) is 19.7 Å². The summed E-state index contributed by atoms with van der Waals surface area (Å²) in [7, 11) is 1.49. The Labute approximate surface area is 97.2 Å². The zero-order valence-electron chi connectivity index (χ0n) is 9.17. The number of nitrogens with one attached hydrogen (secondary N) is 1. The average molecular weight is 240 g/mol. The van der Waals surface area contributed by atoms with E-state index in [4.69, 9.17) is 9.84 Å². The van der Waals surface area contributed by atoms with Crippen molar-refractivity contribution in [1.82, 2.24) is 0 Å². The van der Waals surface area contributed by atoms with E-state index in [9.17, 15) is 14.9 Å². The summed E-state index contributed by atoms with van der Waals surface area (Å²) in [6.07, 6.45) is 0. The van der Waals surface area contributed by atoms with Crippen LogP contribution in [0.2, 0.25) is 0 Å². The summed E-state index contributed by atoms with van der Waals surface area (Å²) in [5, 5.41) is 22.4. The van der Waals surface area contributed by atoms with Crippen molar-refractivity contribution < 1.29 is 19.6 Å². The number of nitrogens with zero attached hydrogens (tertiary/aromatic N) is 1. The van der Waals surface area contributed by atoms with Crippen molar-refractivity contribution in [1.29, 1.82) is 0 Å². The Hall–Kier alpha value is -2.15. The van der Waals surface area contributed by atoms with Crippen molar-refractivity contribution in [3.63, 3.8) is 0 Å². The molecule has 0 heterocycles. The second-order valence-electron chi connectivity index (χ2n) is 3.18. The minimum Gasteiger partial charge on any atom is -0.478 e. The molecule has 0 aliphatic rings. The molecule has 2 N–H and O–H groups in total. The van der Waals surface area contributed by atoms with E-state index >= 15 is 0 Å². The van der Waals surface area contributed by atoms with Crippen LogP contribution in [0.5, 0.6) is 0 Å². The molecular formula is C10H12N2O5. The van der Waals surface area contributed by atoms with Crippen LogP contribution >= 0.6 is 0 Å². The van der Waals surface area contributed by atoms with Crippen LogP contribution in [0.1, 0.15) is 10.4 Å².